The van der Waals surface area contributed by atoms with E-state index in [9.17, 15) is 0 Å². The molecule has 0 heterocycles. The van der Waals surface area contributed by atoms with E-state index in [0.717, 1.165) is 0 Å². The van der Waals surface area contributed by atoms with Crippen LogP contribution in [0, 0.1) is 0 Å². The van der Waals surface area contributed by atoms with E-state index in [1.165, 1.54) is 154 Å². The Morgan fingerprint density at radius 3 is 0.129 bits per heavy atom. The second-order valence-corrected chi connectivity index (χ2v) is 8.49. The summed E-state index contributed by atoms with van der Waals surface area (Å²) < 4.78 is 0. The Hall–Kier alpha value is 0. The first kappa shape index (κ1) is 48.4. The molecule has 0 aromatic rings. The van der Waals surface area contributed by atoms with Crippen LogP contribution in [0.4, 0.5) is 0 Å². The molecule has 6 saturated carbocycles. The Morgan fingerprint density at radius 2 is 0.129 bits per heavy atom. The van der Waals surface area contributed by atoms with Gasteiger partial charge in [0.2, 0.25) is 0 Å². The largest absolute Gasteiger partial charge is 0.0776 e. The lowest BCUT2D eigenvalue weighted by molar-refractivity contribution is 0.504. The molecule has 0 heteroatoms. The molecule has 0 atom stereocenters. The van der Waals surface area contributed by atoms with Gasteiger partial charge in [-0.25, -0.2) is 0 Å². The van der Waals surface area contributed by atoms with Crippen molar-refractivity contribution in [2.75, 3.05) is 0 Å². The van der Waals surface area contributed by atoms with Gasteiger partial charge in [0.1, 0.15) is 0 Å². The van der Waals surface area contributed by atoms with Crippen molar-refractivity contribution in [2.45, 2.75) is 206 Å². The Bertz CT molecular complexity index is 110. The van der Waals surface area contributed by atoms with Crippen LogP contribution in [0.25, 0.3) is 0 Å². The molecule has 0 saturated heterocycles. The number of rotatable bonds is 0. The molecule has 0 spiro atoms. The fourth-order valence-corrected chi connectivity index (χ4v) is 1.50. The summed E-state index contributed by atoms with van der Waals surface area (Å²) in [5.74, 6) is 0. The maximum Gasteiger partial charge on any atom is -0.0533 e. The van der Waals surface area contributed by atoms with Crippen molar-refractivity contribution in [3.8, 4) is 0 Å². The molecule has 0 nitrogen and oxygen atoms in total. The minimum Gasteiger partial charge on any atom is -0.0776 e. The molecule has 0 radical (unpaired) electrons. The highest BCUT2D eigenvalue weighted by Gasteiger charge is 1.97. The van der Waals surface area contributed by atoms with Crippen LogP contribution in [-0.4, -0.2) is 0 Å². The summed E-state index contributed by atoms with van der Waals surface area (Å²) in [4.78, 5) is 0. The van der Waals surface area contributed by atoms with Gasteiger partial charge in [0, 0.05) is 0 Å². The van der Waals surface area contributed by atoms with Gasteiger partial charge in [0.25, 0.3) is 0 Å². The third-order valence-electron chi connectivity index (χ3n) is 6.00. The number of hydrogen-bond acceptors (Lipinski definition) is 0. The van der Waals surface area contributed by atoms with Crippen molar-refractivity contribution < 1.29 is 0 Å². The first-order valence-corrected chi connectivity index (χ1v) is 12.0. The van der Waals surface area contributed by atoms with Crippen molar-refractivity contribution in [1.82, 2.24) is 0 Å². The molecule has 200 valence electrons. The Morgan fingerprint density at radius 1 is 0.0968 bits per heavy atom. The van der Waals surface area contributed by atoms with Gasteiger partial charge in [-0.05, 0) is 0 Å². The van der Waals surface area contributed by atoms with Gasteiger partial charge in [-0.1, -0.05) is 206 Å². The van der Waals surface area contributed by atoms with Crippen LogP contribution >= 0.6 is 0 Å². The van der Waals surface area contributed by atoms with Gasteiger partial charge >= 0.3 is 0 Å². The van der Waals surface area contributed by atoms with E-state index >= 15 is 0 Å². The highest BCUT2D eigenvalue weighted by Crippen LogP contribution is 2.17. The molecular formula is C31H76. The van der Waals surface area contributed by atoms with Crippen LogP contribution in [0.3, 0.4) is 0 Å². The quantitative estimate of drug-likeness (QED) is 0.345. The van der Waals surface area contributed by atoms with Gasteiger partial charge < -0.3 is 0 Å². The fourth-order valence-electron chi connectivity index (χ4n) is 1.50. The summed E-state index contributed by atoms with van der Waals surface area (Å²) in [6, 6.07) is 0. The predicted molar refractivity (Wildman–Crippen MR) is 158 cm³/mol. The monoisotopic (exact) mass is 449 g/mol. The summed E-state index contributed by atoms with van der Waals surface area (Å²) in [6.45, 7) is 0. The summed E-state index contributed by atoms with van der Waals surface area (Å²) in [5, 5.41) is 0. The third-order valence-corrected chi connectivity index (χ3v) is 6.00. The topological polar surface area (TPSA) is 0 Å². The zero-order valence-electron chi connectivity index (χ0n) is 17.0. The molecule has 6 rings (SSSR count). The van der Waals surface area contributed by atoms with Crippen molar-refractivity contribution in [3.05, 3.63) is 0 Å². The average Bonchev–Trinajstić information content (AvgIpc) is 1.94. The molecule has 6 fully saturated rings. The Kier molecular flexibility index (Phi) is 68.4. The van der Waals surface area contributed by atoms with Gasteiger partial charge in [-0.15, -0.1) is 0 Å². The van der Waals surface area contributed by atoms with Gasteiger partial charge in [-0.2, -0.15) is 0 Å². The zero-order valence-corrected chi connectivity index (χ0v) is 17.0. The van der Waals surface area contributed by atoms with E-state index in [0.29, 0.717) is 0 Å². The van der Waals surface area contributed by atoms with Crippen LogP contribution < -0.4 is 0 Å². The average molecular weight is 449 g/mol. The molecule has 0 unspecified atom stereocenters. The van der Waals surface area contributed by atoms with Gasteiger partial charge in [-0.3, -0.25) is 0 Å². The maximum absolute atomic E-state index is 1.50. The van der Waals surface area contributed by atoms with Gasteiger partial charge in [0.05, 0.1) is 0 Å². The standard InChI is InChI=1S/6C4H8.7CH4/c6*1-2-4-3-1;;;;;;;/h6*1-4H2;7*1H4. The fraction of sp³-hybridized carbons (Fsp3) is 1.00. The molecule has 0 amide bonds. The molecule has 31 heavy (non-hydrogen) atoms. The maximum atomic E-state index is 1.50. The van der Waals surface area contributed by atoms with Crippen molar-refractivity contribution in [3.63, 3.8) is 0 Å². The SMILES string of the molecule is C.C.C.C.C.C.C.C1CCC1.C1CCC1.C1CCC1.C1CCC1.C1CCC1.C1CCC1. The predicted octanol–water partition coefficient (Wildman–Crippen LogP) is 13.8. The molecule has 0 aromatic heterocycles. The Balaban J connectivity index is -0.0000000427. The number of hydrogen-bond donors (Lipinski definition) is 0. The third kappa shape index (κ3) is 40.8. The lowest BCUT2D eigenvalue weighted by Crippen LogP contribution is -1.85. The van der Waals surface area contributed by atoms with Crippen LogP contribution in [0.1, 0.15) is 206 Å². The van der Waals surface area contributed by atoms with Crippen LogP contribution in [0.5, 0.6) is 0 Å². The van der Waals surface area contributed by atoms with Crippen molar-refractivity contribution >= 4 is 0 Å². The summed E-state index contributed by atoms with van der Waals surface area (Å²) in [5.41, 5.74) is 0. The minimum absolute atomic E-state index is 0. The van der Waals surface area contributed by atoms with E-state index in [2.05, 4.69) is 0 Å². The normalized spacial score (nSPS) is 18.6. The molecule has 0 aliphatic heterocycles. The molecular weight excluding hydrogens is 372 g/mol. The summed E-state index contributed by atoms with van der Waals surface area (Å²) in [6.07, 6.45) is 36.0. The van der Waals surface area contributed by atoms with Crippen molar-refractivity contribution in [1.29, 1.82) is 0 Å². The summed E-state index contributed by atoms with van der Waals surface area (Å²) in [7, 11) is 0. The van der Waals surface area contributed by atoms with E-state index in [1.807, 2.05) is 0 Å². The smallest absolute Gasteiger partial charge is 0.0533 e. The highest BCUT2D eigenvalue weighted by atomic mass is 14.0. The van der Waals surface area contributed by atoms with Crippen LogP contribution in [0.2, 0.25) is 0 Å². The van der Waals surface area contributed by atoms with Crippen molar-refractivity contribution in [2.24, 2.45) is 0 Å². The first-order chi connectivity index (χ1) is 12.0. The summed E-state index contributed by atoms with van der Waals surface area (Å²) >= 11 is 0. The molecule has 0 bridgehead atoms. The van der Waals surface area contributed by atoms with Crippen LogP contribution in [0.15, 0.2) is 0 Å². The minimum atomic E-state index is 0. The lowest BCUT2D eigenvalue weighted by atomic mass is 10.0. The van der Waals surface area contributed by atoms with E-state index in [-0.39, 0.29) is 52.0 Å². The molecule has 6 aliphatic carbocycles. The zero-order chi connectivity index (χ0) is 17.0. The van der Waals surface area contributed by atoms with E-state index in [4.69, 9.17) is 0 Å². The first-order valence-electron chi connectivity index (χ1n) is 12.0. The Labute approximate surface area is 206 Å². The van der Waals surface area contributed by atoms with E-state index < -0.39 is 0 Å². The molecule has 0 N–H and O–H groups in total. The van der Waals surface area contributed by atoms with E-state index in [1.54, 1.807) is 0 Å². The van der Waals surface area contributed by atoms with Crippen LogP contribution in [-0.2, 0) is 0 Å². The molecule has 0 aromatic carbocycles. The highest BCUT2D eigenvalue weighted by molar-refractivity contribution is 4.52. The second kappa shape index (κ2) is 43.8. The lowest BCUT2D eigenvalue weighted by Gasteiger charge is -2.05. The van der Waals surface area contributed by atoms with Gasteiger partial charge in [0.15, 0.2) is 0 Å². The second-order valence-electron chi connectivity index (χ2n) is 8.49. The molecule has 6 aliphatic rings.